The van der Waals surface area contributed by atoms with E-state index in [0.717, 1.165) is 24.1 Å². The highest BCUT2D eigenvalue weighted by Gasteiger charge is 2.20. The number of pyridine rings is 1. The predicted molar refractivity (Wildman–Crippen MR) is 89.3 cm³/mol. The van der Waals surface area contributed by atoms with Crippen molar-refractivity contribution in [3.8, 4) is 0 Å². The largest absolute Gasteiger partial charge is 0.366 e. The van der Waals surface area contributed by atoms with Gasteiger partial charge in [0.25, 0.3) is 5.69 Å². The second kappa shape index (κ2) is 7.08. The first-order valence-corrected chi connectivity index (χ1v) is 7.82. The number of benzene rings is 1. The fourth-order valence-corrected chi connectivity index (χ4v) is 2.75. The monoisotopic (exact) mass is 326 g/mol. The molecule has 3 rings (SSSR count). The third-order valence-electron chi connectivity index (χ3n) is 4.07. The summed E-state index contributed by atoms with van der Waals surface area (Å²) in [5.41, 5.74) is 2.15. The molecule has 0 bridgehead atoms. The van der Waals surface area contributed by atoms with Crippen LogP contribution < -0.4 is 5.32 Å². The quantitative estimate of drug-likeness (QED) is 0.651. The normalized spacial score (nSPS) is 14.0. The molecule has 1 aliphatic rings. The van der Waals surface area contributed by atoms with E-state index >= 15 is 0 Å². The number of carbonyl (C=O) groups is 1. The SMILES string of the molecule is O=C1CCCN1Cc1ccccc1CNc1ccc([N+](=O)[O-])cn1. The number of nitro groups is 1. The lowest BCUT2D eigenvalue weighted by molar-refractivity contribution is -0.385. The number of anilines is 1. The molecule has 1 N–H and O–H groups in total. The standard InChI is InChI=1S/C17H18N4O3/c22-17-6-3-9-20(17)12-14-5-2-1-4-13(14)10-18-16-8-7-15(11-19-16)21(23)24/h1-2,4-5,7-8,11H,3,6,9-10,12H2,(H,18,19). The van der Waals surface area contributed by atoms with E-state index in [1.54, 1.807) is 6.07 Å². The minimum atomic E-state index is -0.473. The molecule has 0 unspecified atom stereocenters. The first-order chi connectivity index (χ1) is 11.6. The van der Waals surface area contributed by atoms with Crippen LogP contribution in [0.2, 0.25) is 0 Å². The van der Waals surface area contributed by atoms with Crippen LogP contribution in [0.3, 0.4) is 0 Å². The molecule has 1 aliphatic heterocycles. The van der Waals surface area contributed by atoms with Crippen molar-refractivity contribution in [2.75, 3.05) is 11.9 Å². The topological polar surface area (TPSA) is 88.4 Å². The Morgan fingerprint density at radius 3 is 2.62 bits per heavy atom. The van der Waals surface area contributed by atoms with Crippen LogP contribution in [0.1, 0.15) is 24.0 Å². The van der Waals surface area contributed by atoms with Gasteiger partial charge in [-0.05, 0) is 23.6 Å². The first kappa shape index (κ1) is 15.9. The van der Waals surface area contributed by atoms with Gasteiger partial charge in [0.15, 0.2) is 0 Å². The number of rotatable bonds is 6. The highest BCUT2D eigenvalue weighted by molar-refractivity contribution is 5.78. The van der Waals surface area contributed by atoms with Gasteiger partial charge in [-0.1, -0.05) is 24.3 Å². The predicted octanol–water partition coefficient (Wildman–Crippen LogP) is 2.72. The van der Waals surface area contributed by atoms with Crippen LogP contribution in [-0.4, -0.2) is 27.3 Å². The van der Waals surface area contributed by atoms with Crippen molar-refractivity contribution in [3.05, 3.63) is 63.8 Å². The Kier molecular flexibility index (Phi) is 4.69. The highest BCUT2D eigenvalue weighted by Crippen LogP contribution is 2.18. The molecular formula is C17H18N4O3. The zero-order valence-corrected chi connectivity index (χ0v) is 13.1. The number of carbonyl (C=O) groups excluding carboxylic acids is 1. The van der Waals surface area contributed by atoms with Gasteiger partial charge in [-0.3, -0.25) is 14.9 Å². The molecule has 7 nitrogen and oxygen atoms in total. The zero-order chi connectivity index (χ0) is 16.9. The molecule has 0 radical (unpaired) electrons. The number of likely N-dealkylation sites (tertiary alicyclic amines) is 1. The molecule has 1 aromatic heterocycles. The summed E-state index contributed by atoms with van der Waals surface area (Å²) < 4.78 is 0. The molecule has 2 aromatic rings. The van der Waals surface area contributed by atoms with E-state index in [4.69, 9.17) is 0 Å². The van der Waals surface area contributed by atoms with Crippen molar-refractivity contribution in [1.29, 1.82) is 0 Å². The lowest BCUT2D eigenvalue weighted by atomic mass is 10.1. The molecule has 0 atom stereocenters. The summed E-state index contributed by atoms with van der Waals surface area (Å²) in [6, 6.07) is 11.0. The van der Waals surface area contributed by atoms with E-state index in [1.807, 2.05) is 29.2 Å². The fourth-order valence-electron chi connectivity index (χ4n) is 2.75. The molecule has 24 heavy (non-hydrogen) atoms. The molecule has 1 fully saturated rings. The smallest absolute Gasteiger partial charge is 0.287 e. The summed E-state index contributed by atoms with van der Waals surface area (Å²) in [4.78, 5) is 27.9. The maximum Gasteiger partial charge on any atom is 0.287 e. The highest BCUT2D eigenvalue weighted by atomic mass is 16.6. The Labute approximate surface area is 139 Å². The van der Waals surface area contributed by atoms with Gasteiger partial charge in [0.05, 0.1) is 4.92 Å². The Hall–Kier alpha value is -2.96. The number of nitrogens with zero attached hydrogens (tertiary/aromatic N) is 3. The van der Waals surface area contributed by atoms with E-state index in [2.05, 4.69) is 10.3 Å². The van der Waals surface area contributed by atoms with Gasteiger partial charge in [-0.15, -0.1) is 0 Å². The maximum atomic E-state index is 11.8. The maximum absolute atomic E-state index is 11.8. The third kappa shape index (κ3) is 3.68. The minimum absolute atomic E-state index is 0.0338. The number of hydrogen-bond acceptors (Lipinski definition) is 5. The van der Waals surface area contributed by atoms with Gasteiger partial charge < -0.3 is 10.2 Å². The Balaban J connectivity index is 1.66. The van der Waals surface area contributed by atoms with Crippen LogP contribution in [0.4, 0.5) is 11.5 Å². The number of amides is 1. The Morgan fingerprint density at radius 2 is 2.00 bits per heavy atom. The summed E-state index contributed by atoms with van der Waals surface area (Å²) in [5, 5.41) is 13.8. The molecule has 2 heterocycles. The van der Waals surface area contributed by atoms with Gasteiger partial charge in [0.1, 0.15) is 12.0 Å². The van der Waals surface area contributed by atoms with Crippen LogP contribution in [0.15, 0.2) is 42.6 Å². The zero-order valence-electron chi connectivity index (χ0n) is 13.1. The first-order valence-electron chi connectivity index (χ1n) is 7.82. The second-order valence-electron chi connectivity index (χ2n) is 5.70. The summed E-state index contributed by atoms with van der Waals surface area (Å²) in [6.07, 6.45) is 2.79. The van der Waals surface area contributed by atoms with Crippen molar-refractivity contribution in [2.45, 2.75) is 25.9 Å². The van der Waals surface area contributed by atoms with Crippen LogP contribution in [0.5, 0.6) is 0 Å². The number of aromatic nitrogens is 1. The fraction of sp³-hybridized carbons (Fsp3) is 0.294. The average molecular weight is 326 g/mol. The lowest BCUT2D eigenvalue weighted by Crippen LogP contribution is -2.24. The Morgan fingerprint density at radius 1 is 1.21 bits per heavy atom. The van der Waals surface area contributed by atoms with Gasteiger partial charge >= 0.3 is 0 Å². The minimum Gasteiger partial charge on any atom is -0.366 e. The van der Waals surface area contributed by atoms with Crippen LogP contribution in [-0.2, 0) is 17.9 Å². The molecule has 124 valence electrons. The van der Waals surface area contributed by atoms with E-state index in [1.165, 1.54) is 12.3 Å². The number of hydrogen-bond donors (Lipinski definition) is 1. The molecule has 1 aromatic carbocycles. The van der Waals surface area contributed by atoms with E-state index in [9.17, 15) is 14.9 Å². The van der Waals surface area contributed by atoms with Crippen LogP contribution in [0, 0.1) is 10.1 Å². The van der Waals surface area contributed by atoms with Crippen molar-refractivity contribution < 1.29 is 9.72 Å². The molecule has 0 aliphatic carbocycles. The summed E-state index contributed by atoms with van der Waals surface area (Å²) in [7, 11) is 0. The van der Waals surface area contributed by atoms with Crippen molar-refractivity contribution in [1.82, 2.24) is 9.88 Å². The molecule has 7 heteroatoms. The van der Waals surface area contributed by atoms with Gasteiger partial charge in [-0.25, -0.2) is 4.98 Å². The third-order valence-corrected chi connectivity index (χ3v) is 4.07. The van der Waals surface area contributed by atoms with E-state index in [0.29, 0.717) is 25.3 Å². The van der Waals surface area contributed by atoms with Gasteiger partial charge in [0, 0.05) is 32.1 Å². The average Bonchev–Trinajstić information content (AvgIpc) is 2.99. The van der Waals surface area contributed by atoms with Crippen molar-refractivity contribution in [3.63, 3.8) is 0 Å². The summed E-state index contributed by atoms with van der Waals surface area (Å²) >= 11 is 0. The second-order valence-corrected chi connectivity index (χ2v) is 5.70. The lowest BCUT2D eigenvalue weighted by Gasteiger charge is -2.18. The molecule has 1 amide bonds. The molecule has 1 saturated heterocycles. The van der Waals surface area contributed by atoms with Crippen LogP contribution >= 0.6 is 0 Å². The summed E-state index contributed by atoms with van der Waals surface area (Å²) in [5.74, 6) is 0.780. The van der Waals surface area contributed by atoms with Gasteiger partial charge in [-0.2, -0.15) is 0 Å². The molecule has 0 spiro atoms. The van der Waals surface area contributed by atoms with Crippen LogP contribution in [0.25, 0.3) is 0 Å². The molecular weight excluding hydrogens is 308 g/mol. The van der Waals surface area contributed by atoms with Crippen molar-refractivity contribution in [2.24, 2.45) is 0 Å². The number of nitrogens with one attached hydrogen (secondary N) is 1. The van der Waals surface area contributed by atoms with E-state index in [-0.39, 0.29) is 11.6 Å². The van der Waals surface area contributed by atoms with E-state index < -0.39 is 4.92 Å². The van der Waals surface area contributed by atoms with Crippen molar-refractivity contribution >= 4 is 17.4 Å². The van der Waals surface area contributed by atoms with Gasteiger partial charge in [0.2, 0.25) is 5.91 Å². The summed E-state index contributed by atoms with van der Waals surface area (Å²) in [6.45, 7) is 1.97. The molecule has 0 saturated carbocycles. The Bertz CT molecular complexity index is 746.